The molecule has 0 fully saturated rings. The van der Waals surface area contributed by atoms with Gasteiger partial charge in [-0.2, -0.15) is 13.2 Å². The molecule has 5 nitrogen and oxygen atoms in total. The van der Waals surface area contributed by atoms with Crippen LogP contribution in [0.1, 0.15) is 42.2 Å². The van der Waals surface area contributed by atoms with Gasteiger partial charge < -0.3 is 9.87 Å². The molecule has 9 heteroatoms. The van der Waals surface area contributed by atoms with E-state index in [1.165, 1.54) is 6.07 Å². The number of rotatable bonds is 8. The van der Waals surface area contributed by atoms with Gasteiger partial charge >= 0.3 is 6.18 Å². The molecule has 0 aromatic heterocycles. The van der Waals surface area contributed by atoms with Crippen molar-refractivity contribution in [2.45, 2.75) is 31.7 Å². The highest BCUT2D eigenvalue weighted by Crippen LogP contribution is 2.33. The molecule has 1 unspecified atom stereocenters. The van der Waals surface area contributed by atoms with E-state index in [0.717, 1.165) is 34.5 Å². The van der Waals surface area contributed by atoms with E-state index in [1.807, 2.05) is 49.4 Å². The van der Waals surface area contributed by atoms with E-state index < -0.39 is 28.2 Å². The quantitative estimate of drug-likeness (QED) is 0.379. The minimum atomic E-state index is -5.11. The van der Waals surface area contributed by atoms with Gasteiger partial charge in [-0.1, -0.05) is 54.6 Å². The summed E-state index contributed by atoms with van der Waals surface area (Å²) in [5.41, 5.74) is 0.0407. The summed E-state index contributed by atoms with van der Waals surface area (Å²) in [5.74, 6) is 0. The Hall–Kier alpha value is -2.46. The summed E-state index contributed by atoms with van der Waals surface area (Å²) in [4.78, 5) is 0. The van der Waals surface area contributed by atoms with E-state index in [1.54, 1.807) is 0 Å². The lowest BCUT2D eigenvalue weighted by Gasteiger charge is -2.22. The van der Waals surface area contributed by atoms with Crippen LogP contribution in [0.5, 0.6) is 0 Å². The lowest BCUT2D eigenvalue weighted by Crippen LogP contribution is -2.23. The summed E-state index contributed by atoms with van der Waals surface area (Å²) in [5, 5.41) is 5.34. The average Bonchev–Trinajstić information content (AvgIpc) is 2.71. The largest absolute Gasteiger partial charge is 0.726 e. The molecule has 0 saturated carbocycles. The minimum Gasteiger partial charge on any atom is -0.726 e. The lowest BCUT2D eigenvalue weighted by atomic mass is 9.99. The molecule has 0 aliphatic carbocycles. The monoisotopic (exact) mass is 452 g/mol. The fourth-order valence-electron chi connectivity index (χ4n) is 3.50. The van der Waals surface area contributed by atoms with Crippen molar-refractivity contribution >= 4 is 21.2 Å². The van der Waals surface area contributed by atoms with Crippen LogP contribution in [0.4, 0.5) is 13.2 Å². The second kappa shape index (κ2) is 9.35. The van der Waals surface area contributed by atoms with Crippen molar-refractivity contribution in [2.75, 3.05) is 6.54 Å². The summed E-state index contributed by atoms with van der Waals surface area (Å²) >= 11 is 0. The zero-order chi connectivity index (χ0) is 22.6. The summed E-state index contributed by atoms with van der Waals surface area (Å²) in [6.07, 6.45) is -5.95. The van der Waals surface area contributed by atoms with Crippen molar-refractivity contribution in [3.8, 4) is 0 Å². The smallest absolute Gasteiger partial charge is 0.416 e. The third-order valence-electron chi connectivity index (χ3n) is 4.97. The van der Waals surface area contributed by atoms with E-state index in [-0.39, 0.29) is 24.6 Å². The molecule has 0 radical (unpaired) electrons. The van der Waals surface area contributed by atoms with Crippen LogP contribution in [0.15, 0.2) is 66.7 Å². The Bertz CT molecular complexity index is 1140. The van der Waals surface area contributed by atoms with Crippen LogP contribution in [-0.4, -0.2) is 19.5 Å². The zero-order valence-electron chi connectivity index (χ0n) is 16.6. The first-order valence-corrected chi connectivity index (χ1v) is 10.9. The van der Waals surface area contributed by atoms with Crippen LogP contribution in [0, 0.1) is 0 Å². The Labute approximate surface area is 178 Å². The Morgan fingerprint density at radius 1 is 1.03 bits per heavy atom. The van der Waals surface area contributed by atoms with Crippen LogP contribution in [0.2, 0.25) is 0 Å². The normalized spacial score (nSPS) is 14.5. The zero-order valence-corrected chi connectivity index (χ0v) is 17.4. The molecule has 3 aromatic rings. The molecule has 2 atom stereocenters. The van der Waals surface area contributed by atoms with Crippen LogP contribution in [0.25, 0.3) is 10.8 Å². The van der Waals surface area contributed by atoms with E-state index in [9.17, 15) is 26.1 Å². The Morgan fingerprint density at radius 2 is 1.71 bits per heavy atom. The first-order valence-electron chi connectivity index (χ1n) is 9.57. The van der Waals surface area contributed by atoms with Gasteiger partial charge in [0, 0.05) is 6.04 Å². The minimum absolute atomic E-state index is 0.0160. The maximum atomic E-state index is 13.0. The van der Waals surface area contributed by atoms with E-state index in [0.29, 0.717) is 0 Å². The molecule has 0 aliphatic rings. The number of nitrogens with one attached hydrogen (secondary N) is 1. The topological polar surface area (TPSA) is 78.5 Å². The number of hydrogen-bond acceptors (Lipinski definition) is 5. The van der Waals surface area contributed by atoms with Gasteiger partial charge in [0.25, 0.3) is 0 Å². The lowest BCUT2D eigenvalue weighted by molar-refractivity contribution is -0.137. The molecule has 1 N–H and O–H groups in total. The number of benzene rings is 3. The number of alkyl halides is 3. The predicted octanol–water partition coefficient (Wildman–Crippen LogP) is 5.12. The summed E-state index contributed by atoms with van der Waals surface area (Å²) in [7, 11) is -5.11. The number of halogens is 3. The van der Waals surface area contributed by atoms with Crippen molar-refractivity contribution in [3.05, 3.63) is 83.4 Å². The highest BCUT2D eigenvalue weighted by molar-refractivity contribution is 7.80. The Kier molecular flexibility index (Phi) is 7.00. The molecule has 3 aromatic carbocycles. The van der Waals surface area contributed by atoms with Gasteiger partial charge in [0.2, 0.25) is 10.4 Å². The predicted molar refractivity (Wildman–Crippen MR) is 110 cm³/mol. The van der Waals surface area contributed by atoms with Crippen molar-refractivity contribution in [1.82, 2.24) is 5.32 Å². The molecule has 0 saturated heterocycles. The van der Waals surface area contributed by atoms with Gasteiger partial charge in [-0.15, -0.1) is 0 Å². The Balaban J connectivity index is 1.75. The summed E-state index contributed by atoms with van der Waals surface area (Å²) < 4.78 is 77.0. The van der Waals surface area contributed by atoms with Crippen molar-refractivity contribution < 1.29 is 30.3 Å². The second-order valence-electron chi connectivity index (χ2n) is 7.15. The first kappa shape index (κ1) is 23.2. The maximum Gasteiger partial charge on any atom is 0.416 e. The van der Waals surface area contributed by atoms with E-state index in [4.69, 9.17) is 0 Å². The molecule has 166 valence electrons. The molecule has 0 aliphatic heterocycles. The maximum absolute atomic E-state index is 13.0. The molecule has 0 spiro atoms. The van der Waals surface area contributed by atoms with Gasteiger partial charge in [0.15, 0.2) is 0 Å². The van der Waals surface area contributed by atoms with Crippen molar-refractivity contribution in [1.29, 1.82) is 0 Å². The number of hydrogen-bond donors (Lipinski definition) is 1. The fourth-order valence-corrected chi connectivity index (χ4v) is 3.99. The van der Waals surface area contributed by atoms with E-state index in [2.05, 4.69) is 9.50 Å². The van der Waals surface area contributed by atoms with Crippen molar-refractivity contribution in [3.63, 3.8) is 0 Å². The summed E-state index contributed by atoms with van der Waals surface area (Å²) in [6.45, 7) is 2.13. The molecule has 31 heavy (non-hydrogen) atoms. The van der Waals surface area contributed by atoms with Crippen molar-refractivity contribution in [2.24, 2.45) is 0 Å². The van der Waals surface area contributed by atoms with Crippen LogP contribution >= 0.6 is 0 Å². The highest BCUT2D eigenvalue weighted by Gasteiger charge is 2.31. The first-order chi connectivity index (χ1) is 14.5. The molecule has 3 rings (SSSR count). The van der Waals surface area contributed by atoms with Gasteiger partial charge in [-0.25, -0.2) is 8.42 Å². The molecular weight excluding hydrogens is 431 g/mol. The highest BCUT2D eigenvalue weighted by atomic mass is 32.3. The van der Waals surface area contributed by atoms with Gasteiger partial charge in [0.1, 0.15) is 6.10 Å². The van der Waals surface area contributed by atoms with Gasteiger partial charge in [-0.05, 0) is 53.9 Å². The van der Waals surface area contributed by atoms with Crippen LogP contribution in [-0.2, 0) is 20.8 Å². The molecular formula is C22H21F3NO4S-. The van der Waals surface area contributed by atoms with Crippen LogP contribution in [0.3, 0.4) is 0 Å². The van der Waals surface area contributed by atoms with Gasteiger partial charge in [0.05, 0.1) is 5.56 Å². The SMILES string of the molecule is C[C@@H](NCCC(OS(=O)(=O)[O-])c1cccc(C(F)(F)F)c1)c1cccc2ccccc12. The average molecular weight is 452 g/mol. The molecule has 0 heterocycles. The Morgan fingerprint density at radius 3 is 2.42 bits per heavy atom. The standard InChI is InChI=1S/C22H22F3NO4S/c1-15(19-11-5-7-16-6-2-3-10-20(16)19)26-13-12-21(30-31(27,28)29)17-8-4-9-18(14-17)22(23,24)25/h2-11,14-15,21,26H,12-13H2,1H3,(H,27,28,29)/p-1/t15-,21?/m1/s1. The fraction of sp³-hybridized carbons (Fsp3) is 0.273. The second-order valence-corrected chi connectivity index (χ2v) is 8.16. The summed E-state index contributed by atoms with van der Waals surface area (Å²) in [6, 6.07) is 17.7. The number of fused-ring (bicyclic) bond motifs is 1. The third kappa shape index (κ3) is 6.27. The molecule has 0 amide bonds. The molecule has 0 bridgehead atoms. The van der Waals surface area contributed by atoms with Crippen LogP contribution < -0.4 is 5.32 Å². The van der Waals surface area contributed by atoms with Gasteiger partial charge in [-0.3, -0.25) is 4.18 Å². The third-order valence-corrected chi connectivity index (χ3v) is 5.43. The van der Waals surface area contributed by atoms with E-state index >= 15 is 0 Å².